The topological polar surface area (TPSA) is 22.1 Å². The molecule has 0 saturated heterocycles. The van der Waals surface area contributed by atoms with Gasteiger partial charge in [0, 0.05) is 0 Å². The number of benzene rings is 1. The highest BCUT2D eigenvalue weighted by molar-refractivity contribution is 9.11. The van der Waals surface area contributed by atoms with Crippen molar-refractivity contribution in [1.82, 2.24) is 4.98 Å². The van der Waals surface area contributed by atoms with E-state index in [0.29, 0.717) is 0 Å². The summed E-state index contributed by atoms with van der Waals surface area (Å²) in [5.41, 5.74) is 0.928. The van der Waals surface area contributed by atoms with Gasteiger partial charge in [-0.2, -0.15) is 0 Å². The zero-order valence-corrected chi connectivity index (χ0v) is 8.78. The molecule has 0 atom stereocenters. The number of ether oxygens (including phenoxy) is 1. The summed E-state index contributed by atoms with van der Waals surface area (Å²) in [6.45, 7) is 0. The van der Waals surface area contributed by atoms with Crippen LogP contribution in [0.5, 0.6) is 5.75 Å². The van der Waals surface area contributed by atoms with Crippen LogP contribution >= 0.6 is 27.3 Å². The summed E-state index contributed by atoms with van der Waals surface area (Å²) in [5, 5.41) is 0. The van der Waals surface area contributed by atoms with Gasteiger partial charge in [-0.3, -0.25) is 0 Å². The molecule has 0 unspecified atom stereocenters. The van der Waals surface area contributed by atoms with E-state index in [1.54, 1.807) is 18.4 Å². The Kier molecular flexibility index (Phi) is 2.02. The third-order valence-electron chi connectivity index (χ3n) is 1.58. The average molecular weight is 244 g/mol. The second-order valence-corrected chi connectivity index (χ2v) is 4.58. The van der Waals surface area contributed by atoms with Crippen molar-refractivity contribution in [2.75, 3.05) is 7.11 Å². The van der Waals surface area contributed by atoms with E-state index >= 15 is 0 Å². The van der Waals surface area contributed by atoms with Gasteiger partial charge >= 0.3 is 0 Å². The fourth-order valence-electron chi connectivity index (χ4n) is 1.06. The molecule has 0 spiro atoms. The van der Waals surface area contributed by atoms with E-state index < -0.39 is 0 Å². The summed E-state index contributed by atoms with van der Waals surface area (Å²) >= 11 is 4.95. The van der Waals surface area contributed by atoms with E-state index in [9.17, 15) is 0 Å². The molecule has 0 aliphatic heterocycles. The molecule has 4 heteroatoms. The molecule has 0 saturated carbocycles. The van der Waals surface area contributed by atoms with Crippen LogP contribution in [0.1, 0.15) is 0 Å². The summed E-state index contributed by atoms with van der Waals surface area (Å²) in [4.78, 5) is 4.29. The molecule has 1 heterocycles. The van der Waals surface area contributed by atoms with Gasteiger partial charge in [0.15, 0.2) is 3.92 Å². The molecule has 0 amide bonds. The zero-order chi connectivity index (χ0) is 8.55. The molecule has 1 aromatic carbocycles. The lowest BCUT2D eigenvalue weighted by Crippen LogP contribution is -1.82. The molecule has 1 aromatic heterocycles. The van der Waals surface area contributed by atoms with Gasteiger partial charge in [-0.1, -0.05) is 6.07 Å². The van der Waals surface area contributed by atoms with Crippen molar-refractivity contribution in [3.8, 4) is 5.75 Å². The van der Waals surface area contributed by atoms with Gasteiger partial charge < -0.3 is 4.74 Å². The quantitative estimate of drug-likeness (QED) is 0.769. The maximum atomic E-state index is 5.16. The molecule has 0 bridgehead atoms. The molecule has 0 fully saturated rings. The van der Waals surface area contributed by atoms with Crippen LogP contribution in [0, 0.1) is 0 Å². The van der Waals surface area contributed by atoms with Crippen LogP contribution in [-0.2, 0) is 0 Å². The highest BCUT2D eigenvalue weighted by atomic mass is 79.9. The fraction of sp³-hybridized carbons (Fsp3) is 0.125. The van der Waals surface area contributed by atoms with Gasteiger partial charge in [-0.25, -0.2) is 4.98 Å². The number of para-hydroxylation sites is 1. The molecular weight excluding hydrogens is 238 g/mol. The molecular formula is C8H6BrNOS. The Balaban J connectivity index is 2.78. The van der Waals surface area contributed by atoms with Crippen molar-refractivity contribution in [2.45, 2.75) is 0 Å². The minimum absolute atomic E-state index is 0.828. The number of aromatic nitrogens is 1. The first-order valence-corrected chi connectivity index (χ1v) is 5.01. The predicted molar refractivity (Wildman–Crippen MR) is 53.9 cm³/mol. The number of hydrogen-bond acceptors (Lipinski definition) is 3. The largest absolute Gasteiger partial charge is 0.494 e. The molecule has 0 N–H and O–H groups in total. The van der Waals surface area contributed by atoms with E-state index in [2.05, 4.69) is 20.9 Å². The van der Waals surface area contributed by atoms with E-state index in [1.165, 1.54) is 0 Å². The molecule has 2 aromatic rings. The Hall–Kier alpha value is -0.610. The first-order chi connectivity index (χ1) is 5.81. The summed E-state index contributed by atoms with van der Waals surface area (Å²) in [5.74, 6) is 0.828. The van der Waals surface area contributed by atoms with Crippen molar-refractivity contribution in [2.24, 2.45) is 0 Å². The second kappa shape index (κ2) is 3.03. The van der Waals surface area contributed by atoms with E-state index in [-0.39, 0.29) is 0 Å². The Bertz CT molecular complexity index is 412. The smallest absolute Gasteiger partial charge is 0.160 e. The number of rotatable bonds is 1. The monoisotopic (exact) mass is 243 g/mol. The Morgan fingerprint density at radius 1 is 1.50 bits per heavy atom. The van der Waals surface area contributed by atoms with Gasteiger partial charge in [-0.15, -0.1) is 11.3 Å². The Morgan fingerprint density at radius 2 is 2.33 bits per heavy atom. The van der Waals surface area contributed by atoms with Crippen molar-refractivity contribution in [3.05, 3.63) is 22.1 Å². The van der Waals surface area contributed by atoms with E-state index in [4.69, 9.17) is 4.74 Å². The van der Waals surface area contributed by atoms with E-state index in [1.807, 2.05) is 18.2 Å². The van der Waals surface area contributed by atoms with Crippen molar-refractivity contribution in [3.63, 3.8) is 0 Å². The number of methoxy groups -OCH3 is 1. The maximum Gasteiger partial charge on any atom is 0.160 e. The van der Waals surface area contributed by atoms with Gasteiger partial charge in [0.2, 0.25) is 0 Å². The SMILES string of the molecule is COc1cccc2sc(Br)nc12. The minimum Gasteiger partial charge on any atom is -0.494 e. The Labute approximate surface area is 82.3 Å². The highest BCUT2D eigenvalue weighted by Crippen LogP contribution is 2.31. The molecule has 2 rings (SSSR count). The predicted octanol–water partition coefficient (Wildman–Crippen LogP) is 3.07. The van der Waals surface area contributed by atoms with Crippen LogP contribution in [0.15, 0.2) is 22.1 Å². The molecule has 2 nitrogen and oxygen atoms in total. The molecule has 0 aliphatic carbocycles. The van der Waals surface area contributed by atoms with Crippen LogP contribution in [0.25, 0.3) is 10.2 Å². The van der Waals surface area contributed by atoms with Crippen molar-refractivity contribution < 1.29 is 4.74 Å². The van der Waals surface area contributed by atoms with Crippen molar-refractivity contribution in [1.29, 1.82) is 0 Å². The summed E-state index contributed by atoms with van der Waals surface area (Å²) in [6.07, 6.45) is 0. The lowest BCUT2D eigenvalue weighted by molar-refractivity contribution is 0.419. The summed E-state index contributed by atoms with van der Waals surface area (Å²) < 4.78 is 7.19. The normalized spacial score (nSPS) is 10.5. The second-order valence-electron chi connectivity index (χ2n) is 2.27. The number of halogens is 1. The third kappa shape index (κ3) is 1.21. The van der Waals surface area contributed by atoms with Gasteiger partial charge in [0.25, 0.3) is 0 Å². The molecule has 0 aliphatic rings. The highest BCUT2D eigenvalue weighted by Gasteiger charge is 2.05. The molecule has 0 radical (unpaired) electrons. The molecule has 62 valence electrons. The average Bonchev–Trinajstić information content (AvgIpc) is 2.44. The van der Waals surface area contributed by atoms with Gasteiger partial charge in [-0.05, 0) is 28.1 Å². The lowest BCUT2D eigenvalue weighted by Gasteiger charge is -1.97. The first-order valence-electron chi connectivity index (χ1n) is 3.40. The lowest BCUT2D eigenvalue weighted by atomic mass is 10.3. The van der Waals surface area contributed by atoms with E-state index in [0.717, 1.165) is 19.9 Å². The Morgan fingerprint density at radius 3 is 3.08 bits per heavy atom. The van der Waals surface area contributed by atoms with Crippen LogP contribution in [-0.4, -0.2) is 12.1 Å². The van der Waals surface area contributed by atoms with Crippen LogP contribution in [0.4, 0.5) is 0 Å². The zero-order valence-electron chi connectivity index (χ0n) is 6.37. The number of hydrogen-bond donors (Lipinski definition) is 0. The number of nitrogens with zero attached hydrogens (tertiary/aromatic N) is 1. The first kappa shape index (κ1) is 8.01. The third-order valence-corrected chi connectivity index (χ3v) is 3.05. The van der Waals surface area contributed by atoms with Crippen LogP contribution in [0.3, 0.4) is 0 Å². The minimum atomic E-state index is 0.828. The molecule has 12 heavy (non-hydrogen) atoms. The van der Waals surface area contributed by atoms with Crippen molar-refractivity contribution >= 4 is 37.5 Å². The number of fused-ring (bicyclic) bond motifs is 1. The maximum absolute atomic E-state index is 5.16. The van der Waals surface area contributed by atoms with Crippen LogP contribution in [0.2, 0.25) is 0 Å². The van der Waals surface area contributed by atoms with Crippen LogP contribution < -0.4 is 4.74 Å². The summed E-state index contributed by atoms with van der Waals surface area (Å²) in [6, 6.07) is 5.90. The fourth-order valence-corrected chi connectivity index (χ4v) is 2.47. The van der Waals surface area contributed by atoms with Gasteiger partial charge in [0.05, 0.1) is 11.8 Å². The summed E-state index contributed by atoms with van der Waals surface area (Å²) in [7, 11) is 1.65. The van der Waals surface area contributed by atoms with Gasteiger partial charge in [0.1, 0.15) is 11.3 Å². The standard InChI is InChI=1S/C8H6BrNOS/c1-11-5-3-2-4-6-7(5)10-8(9)12-6/h2-4H,1H3. The number of thiazole rings is 1.